The minimum Gasteiger partial charge on any atom is -0.480 e. The first-order valence-electron chi connectivity index (χ1n) is 16.4. The van der Waals surface area contributed by atoms with Gasteiger partial charge in [0.25, 0.3) is 0 Å². The van der Waals surface area contributed by atoms with Crippen LogP contribution in [0.15, 0.2) is 0 Å². The van der Waals surface area contributed by atoms with Crippen molar-refractivity contribution in [3.63, 3.8) is 0 Å². The van der Waals surface area contributed by atoms with Gasteiger partial charge in [0.05, 0.1) is 38.0 Å². The molecule has 0 aromatic rings. The van der Waals surface area contributed by atoms with Gasteiger partial charge in [0, 0.05) is 6.42 Å². The number of rotatable bonds is 26. The van der Waals surface area contributed by atoms with Crippen LogP contribution in [0.1, 0.15) is 46.0 Å². The Kier molecular flexibility index (Phi) is 22.7. The lowest BCUT2D eigenvalue weighted by Gasteiger charge is -2.28. The average Bonchev–Trinajstić information content (AvgIpc) is 3.09. The molecule has 8 amide bonds. The predicted molar refractivity (Wildman–Crippen MR) is 180 cm³/mol. The van der Waals surface area contributed by atoms with E-state index in [4.69, 9.17) is 22.3 Å². The van der Waals surface area contributed by atoms with Crippen LogP contribution in [0.25, 0.3) is 0 Å². The van der Waals surface area contributed by atoms with Crippen molar-refractivity contribution in [1.82, 2.24) is 37.2 Å². The summed E-state index contributed by atoms with van der Waals surface area (Å²) in [6.45, 7) is -1.00. The molecule has 0 saturated carbocycles. The molecule has 0 saturated heterocycles. The van der Waals surface area contributed by atoms with Crippen LogP contribution in [0.5, 0.6) is 0 Å². The fourth-order valence-electron chi connectivity index (χ4n) is 4.25. The van der Waals surface area contributed by atoms with Crippen LogP contribution in [-0.2, 0) is 43.2 Å². The van der Waals surface area contributed by atoms with E-state index in [9.17, 15) is 63.6 Å². The van der Waals surface area contributed by atoms with Gasteiger partial charge in [-0.05, 0) is 39.7 Å². The van der Waals surface area contributed by atoms with Crippen molar-refractivity contribution in [2.24, 2.45) is 17.2 Å². The summed E-state index contributed by atoms with van der Waals surface area (Å²) in [7, 11) is 0. The number of carboxylic acid groups (broad SMARTS) is 1. The molecule has 0 aliphatic carbocycles. The van der Waals surface area contributed by atoms with E-state index in [-0.39, 0.29) is 0 Å². The van der Waals surface area contributed by atoms with Crippen molar-refractivity contribution in [2.75, 3.05) is 32.8 Å². The van der Waals surface area contributed by atoms with Gasteiger partial charge in [-0.25, -0.2) is 0 Å². The standard InChI is InChI=1S/C29H52N10O14/c1-13(42)22(38-20(45)9-33-24(48)15(31)5-3-4-8-30)28(52)37-18(12-41)27(51)39-23(14(2)43)29(53)35-16(6-7-19(32)44)26(50)36-17(11-40)25(49)34-10-21(46)47/h13-18,22-23,40-43H,3-12,30-31H2,1-2H3,(H2,32,44)(H,33,48)(H,34,49)(H,35,53)(H,36,50)(H,37,52)(H,38,45)(H,39,51)(H,46,47)/t13-,14-,15+,16+,17+,18+,22+,23+/m1/s1. The zero-order valence-corrected chi connectivity index (χ0v) is 29.3. The molecule has 0 radical (unpaired) electrons. The van der Waals surface area contributed by atoms with Gasteiger partial charge in [-0.3, -0.25) is 43.2 Å². The van der Waals surface area contributed by atoms with Crippen molar-refractivity contribution in [1.29, 1.82) is 0 Å². The smallest absolute Gasteiger partial charge is 0.322 e. The highest BCUT2D eigenvalue weighted by Gasteiger charge is 2.35. The van der Waals surface area contributed by atoms with E-state index < -0.39 is 141 Å². The lowest BCUT2D eigenvalue weighted by Crippen LogP contribution is -2.62. The number of aliphatic carboxylic acids is 1. The summed E-state index contributed by atoms with van der Waals surface area (Å²) in [5.41, 5.74) is 16.3. The fraction of sp³-hybridized carbons (Fsp3) is 0.690. The van der Waals surface area contributed by atoms with E-state index in [0.29, 0.717) is 25.8 Å². The molecule has 24 nitrogen and oxygen atoms in total. The number of nitrogens with two attached hydrogens (primary N) is 3. The quantitative estimate of drug-likeness (QED) is 0.0364. The second-order valence-electron chi connectivity index (χ2n) is 11.8. The van der Waals surface area contributed by atoms with Gasteiger partial charge in [0.1, 0.15) is 36.8 Å². The largest absolute Gasteiger partial charge is 0.480 e. The highest BCUT2D eigenvalue weighted by atomic mass is 16.4. The zero-order valence-electron chi connectivity index (χ0n) is 29.3. The second-order valence-corrected chi connectivity index (χ2v) is 11.8. The zero-order chi connectivity index (χ0) is 40.8. The number of hydrogen-bond donors (Lipinski definition) is 15. The Labute approximate surface area is 303 Å². The minimum atomic E-state index is -1.89. The van der Waals surface area contributed by atoms with Gasteiger partial charge in [-0.15, -0.1) is 0 Å². The number of aliphatic hydroxyl groups excluding tert-OH is 4. The topological polar surface area (TPSA) is 417 Å². The predicted octanol–water partition coefficient (Wildman–Crippen LogP) is -8.80. The van der Waals surface area contributed by atoms with Crippen LogP contribution in [-0.4, -0.2) is 160 Å². The molecule has 53 heavy (non-hydrogen) atoms. The molecule has 18 N–H and O–H groups in total. The molecule has 0 aromatic heterocycles. The molecular weight excluding hydrogens is 712 g/mol. The summed E-state index contributed by atoms with van der Waals surface area (Å²) in [5.74, 6) is -9.86. The third-order valence-corrected chi connectivity index (χ3v) is 7.23. The molecule has 0 bridgehead atoms. The maximum Gasteiger partial charge on any atom is 0.322 e. The first-order chi connectivity index (χ1) is 24.8. The third kappa shape index (κ3) is 18.9. The number of unbranched alkanes of at least 4 members (excludes halogenated alkanes) is 1. The molecule has 0 heterocycles. The fourth-order valence-corrected chi connectivity index (χ4v) is 4.25. The Balaban J connectivity index is 5.68. The number of nitrogens with one attached hydrogen (secondary N) is 7. The van der Waals surface area contributed by atoms with E-state index >= 15 is 0 Å². The number of hydrogen-bond acceptors (Lipinski definition) is 15. The van der Waals surface area contributed by atoms with Crippen LogP contribution in [0.2, 0.25) is 0 Å². The van der Waals surface area contributed by atoms with E-state index in [2.05, 4.69) is 31.9 Å². The molecule has 0 fully saturated rings. The Morgan fingerprint density at radius 2 is 1.08 bits per heavy atom. The number of aliphatic hydroxyl groups is 4. The molecule has 0 aromatic carbocycles. The summed E-state index contributed by atoms with van der Waals surface area (Å²) in [6, 6.07) is -9.74. The molecule has 0 aliphatic heterocycles. The SMILES string of the molecule is C[C@@H](O)[C@H](NC(=O)CNC(=O)[C@@H](N)CCCCN)C(=O)N[C@@H](CO)C(=O)N[C@H](C(=O)N[C@@H](CCC(N)=O)C(=O)N[C@@H](CO)C(=O)NCC(=O)O)[C@@H](C)O. The molecular formula is C29H52N10O14. The number of carbonyl (C=O) groups is 9. The van der Waals surface area contributed by atoms with Crippen LogP contribution in [0, 0.1) is 0 Å². The van der Waals surface area contributed by atoms with Crippen molar-refractivity contribution in [3.05, 3.63) is 0 Å². The summed E-state index contributed by atoms with van der Waals surface area (Å²) < 4.78 is 0. The summed E-state index contributed by atoms with van der Waals surface area (Å²) in [5, 5.41) is 63.2. The number of primary amides is 1. The Hall–Kier alpha value is -5.01. The van der Waals surface area contributed by atoms with Gasteiger partial charge in [0.15, 0.2) is 0 Å². The van der Waals surface area contributed by atoms with E-state index in [1.54, 1.807) is 0 Å². The molecule has 0 aliphatic rings. The maximum atomic E-state index is 13.2. The van der Waals surface area contributed by atoms with Crippen molar-refractivity contribution >= 4 is 53.2 Å². The highest BCUT2D eigenvalue weighted by Crippen LogP contribution is 2.04. The molecule has 0 unspecified atom stereocenters. The van der Waals surface area contributed by atoms with Crippen molar-refractivity contribution in [2.45, 2.75) is 94.4 Å². The Morgan fingerprint density at radius 3 is 1.57 bits per heavy atom. The number of carbonyl (C=O) groups excluding carboxylic acids is 8. The van der Waals surface area contributed by atoms with Gasteiger partial charge in [0.2, 0.25) is 47.3 Å². The van der Waals surface area contributed by atoms with Crippen molar-refractivity contribution in [3.8, 4) is 0 Å². The summed E-state index contributed by atoms with van der Waals surface area (Å²) in [4.78, 5) is 111. The molecule has 8 atom stereocenters. The highest BCUT2D eigenvalue weighted by molar-refractivity contribution is 5.97. The van der Waals surface area contributed by atoms with Crippen molar-refractivity contribution < 1.29 is 68.7 Å². The van der Waals surface area contributed by atoms with Crippen LogP contribution < -0.4 is 54.4 Å². The van der Waals surface area contributed by atoms with E-state index in [1.165, 1.54) is 0 Å². The summed E-state index contributed by atoms with van der Waals surface area (Å²) >= 11 is 0. The lowest BCUT2D eigenvalue weighted by atomic mass is 10.1. The summed E-state index contributed by atoms with van der Waals surface area (Å²) in [6.07, 6.45) is -2.72. The normalized spacial score (nSPS) is 15.4. The van der Waals surface area contributed by atoms with E-state index in [1.807, 2.05) is 5.32 Å². The van der Waals surface area contributed by atoms with E-state index in [0.717, 1.165) is 13.8 Å². The van der Waals surface area contributed by atoms with Gasteiger partial charge < -0.3 is 80.0 Å². The maximum absolute atomic E-state index is 13.2. The molecule has 0 spiro atoms. The second kappa shape index (κ2) is 25.0. The van der Waals surface area contributed by atoms with Gasteiger partial charge >= 0.3 is 5.97 Å². The Morgan fingerprint density at radius 1 is 0.604 bits per heavy atom. The molecule has 302 valence electrons. The monoisotopic (exact) mass is 764 g/mol. The molecule has 0 rings (SSSR count). The van der Waals surface area contributed by atoms with Crippen LogP contribution in [0.3, 0.4) is 0 Å². The minimum absolute atomic E-state index is 0.305. The number of amides is 8. The number of carboxylic acids is 1. The Bertz CT molecular complexity index is 1280. The first kappa shape index (κ1) is 48.0. The first-order valence-corrected chi connectivity index (χ1v) is 16.4. The van der Waals surface area contributed by atoms with Crippen LogP contribution in [0.4, 0.5) is 0 Å². The third-order valence-electron chi connectivity index (χ3n) is 7.23. The van der Waals surface area contributed by atoms with Gasteiger partial charge in [-0.1, -0.05) is 6.42 Å². The van der Waals surface area contributed by atoms with Crippen LogP contribution >= 0.6 is 0 Å². The average molecular weight is 765 g/mol. The molecule has 24 heteroatoms. The van der Waals surface area contributed by atoms with Gasteiger partial charge in [-0.2, -0.15) is 0 Å². The lowest BCUT2D eigenvalue weighted by molar-refractivity contribution is -0.139.